The van der Waals surface area contributed by atoms with Gasteiger partial charge in [0.05, 0.1) is 8.65 Å². The number of hydrogen-bond acceptors (Lipinski definition) is 1. The maximum atomic E-state index is 12.6. The van der Waals surface area contributed by atoms with E-state index < -0.39 is 0 Å². The lowest BCUT2D eigenvalue weighted by molar-refractivity contribution is -0.127. The highest BCUT2D eigenvalue weighted by Crippen LogP contribution is 2.49. The first-order valence-electron chi connectivity index (χ1n) is 5.68. The molecule has 0 aliphatic heterocycles. The summed E-state index contributed by atoms with van der Waals surface area (Å²) in [6.07, 6.45) is 3.03. The molecule has 2 atom stereocenters. The second-order valence-corrected chi connectivity index (χ2v) is 8.05. The van der Waals surface area contributed by atoms with E-state index >= 15 is 0 Å². The van der Waals surface area contributed by atoms with Gasteiger partial charge in [-0.25, -0.2) is 0 Å². The molecule has 0 spiro atoms. The minimum Gasteiger partial charge on any atom is -0.297 e. The molecule has 1 aliphatic rings. The fourth-order valence-corrected chi connectivity index (χ4v) is 3.81. The molecule has 0 saturated heterocycles. The smallest absolute Gasteiger partial charge is 0.166 e. The van der Waals surface area contributed by atoms with Crippen molar-refractivity contribution < 1.29 is 4.79 Å². The van der Waals surface area contributed by atoms with Gasteiger partial charge in [0, 0.05) is 0 Å². The Kier molecular flexibility index (Phi) is 4.09. The SMILES string of the molecule is CC(C)C1(Br)CCCC(Br)(C(C)C)C1=O. The molecule has 0 amide bonds. The van der Waals surface area contributed by atoms with Crippen molar-refractivity contribution in [3.63, 3.8) is 0 Å². The van der Waals surface area contributed by atoms with Gasteiger partial charge in [0.15, 0.2) is 5.78 Å². The van der Waals surface area contributed by atoms with Crippen LogP contribution in [-0.2, 0) is 4.79 Å². The van der Waals surface area contributed by atoms with Crippen LogP contribution in [0.15, 0.2) is 0 Å². The number of ketones is 1. The van der Waals surface area contributed by atoms with Crippen molar-refractivity contribution >= 4 is 37.6 Å². The third kappa shape index (κ3) is 2.19. The van der Waals surface area contributed by atoms with Crippen molar-refractivity contribution in [2.75, 3.05) is 0 Å². The highest BCUT2D eigenvalue weighted by Gasteiger charge is 2.53. The Morgan fingerprint density at radius 1 is 1.00 bits per heavy atom. The minimum atomic E-state index is -0.320. The molecule has 2 unspecified atom stereocenters. The van der Waals surface area contributed by atoms with E-state index in [-0.39, 0.29) is 8.65 Å². The normalized spacial score (nSPS) is 37.7. The van der Waals surface area contributed by atoms with E-state index in [2.05, 4.69) is 59.6 Å². The third-order valence-corrected chi connectivity index (χ3v) is 7.01. The van der Waals surface area contributed by atoms with E-state index in [0.29, 0.717) is 17.6 Å². The Bertz CT molecular complexity index is 238. The van der Waals surface area contributed by atoms with Crippen LogP contribution in [0.4, 0.5) is 0 Å². The molecule has 0 aromatic heterocycles. The van der Waals surface area contributed by atoms with Crippen LogP contribution >= 0.6 is 31.9 Å². The van der Waals surface area contributed by atoms with Crippen LogP contribution in [0, 0.1) is 11.8 Å². The monoisotopic (exact) mass is 338 g/mol. The van der Waals surface area contributed by atoms with Gasteiger partial charge in [-0.15, -0.1) is 0 Å². The van der Waals surface area contributed by atoms with Crippen LogP contribution in [0.2, 0.25) is 0 Å². The van der Waals surface area contributed by atoms with Gasteiger partial charge in [0.1, 0.15) is 0 Å². The van der Waals surface area contributed by atoms with Crippen molar-refractivity contribution in [2.45, 2.75) is 55.6 Å². The van der Waals surface area contributed by atoms with Crippen LogP contribution in [-0.4, -0.2) is 14.4 Å². The lowest BCUT2D eigenvalue weighted by atomic mass is 9.71. The fourth-order valence-electron chi connectivity index (χ4n) is 2.28. The fraction of sp³-hybridized carbons (Fsp3) is 0.917. The van der Waals surface area contributed by atoms with E-state index in [1.165, 1.54) is 0 Å². The molecule has 0 aromatic rings. The predicted octanol–water partition coefficient (Wildman–Crippen LogP) is 4.32. The molecule has 15 heavy (non-hydrogen) atoms. The quantitative estimate of drug-likeness (QED) is 0.685. The summed E-state index contributed by atoms with van der Waals surface area (Å²) in [5.74, 6) is 1.04. The van der Waals surface area contributed by atoms with Crippen LogP contribution in [0.1, 0.15) is 47.0 Å². The molecular formula is C12H20Br2O. The molecule has 0 heterocycles. The largest absolute Gasteiger partial charge is 0.297 e. The average molecular weight is 340 g/mol. The van der Waals surface area contributed by atoms with Gasteiger partial charge >= 0.3 is 0 Å². The highest BCUT2D eigenvalue weighted by atomic mass is 79.9. The first kappa shape index (κ1) is 13.7. The van der Waals surface area contributed by atoms with Crippen molar-refractivity contribution in [1.82, 2.24) is 0 Å². The zero-order valence-corrected chi connectivity index (χ0v) is 13.1. The Hall–Kier alpha value is 0.630. The first-order valence-corrected chi connectivity index (χ1v) is 7.26. The van der Waals surface area contributed by atoms with Crippen LogP contribution in [0.5, 0.6) is 0 Å². The molecule has 88 valence electrons. The van der Waals surface area contributed by atoms with E-state index in [1.807, 2.05) is 0 Å². The second-order valence-electron chi connectivity index (χ2n) is 5.22. The first-order chi connectivity index (χ1) is 6.75. The Balaban J connectivity index is 3.04. The summed E-state index contributed by atoms with van der Waals surface area (Å²) in [4.78, 5) is 12.6. The van der Waals surface area contributed by atoms with Crippen LogP contribution < -0.4 is 0 Å². The summed E-state index contributed by atoms with van der Waals surface area (Å²) >= 11 is 7.38. The number of carbonyl (C=O) groups is 1. The van der Waals surface area contributed by atoms with E-state index in [1.54, 1.807) is 0 Å². The zero-order chi connectivity index (χ0) is 11.9. The molecule has 0 radical (unpaired) electrons. The lowest BCUT2D eigenvalue weighted by Gasteiger charge is -2.44. The average Bonchev–Trinajstić information content (AvgIpc) is 2.13. The van der Waals surface area contributed by atoms with E-state index in [9.17, 15) is 4.79 Å². The molecule has 0 bridgehead atoms. The van der Waals surface area contributed by atoms with Crippen molar-refractivity contribution in [3.8, 4) is 0 Å². The van der Waals surface area contributed by atoms with E-state index in [4.69, 9.17) is 0 Å². The molecule has 1 fully saturated rings. The third-order valence-electron chi connectivity index (χ3n) is 3.67. The topological polar surface area (TPSA) is 17.1 Å². The van der Waals surface area contributed by atoms with Gasteiger partial charge in [0.2, 0.25) is 0 Å². The zero-order valence-electron chi connectivity index (χ0n) is 9.94. The standard InChI is InChI=1S/C12H20Br2O/c1-8(2)11(13)6-5-7-12(14,9(3)4)10(11)15/h8-9H,5-7H2,1-4H3. The summed E-state index contributed by atoms with van der Waals surface area (Å²) in [6, 6.07) is 0. The lowest BCUT2D eigenvalue weighted by Crippen LogP contribution is -2.54. The Morgan fingerprint density at radius 2 is 1.33 bits per heavy atom. The molecule has 1 nitrogen and oxygen atoms in total. The summed E-state index contributed by atoms with van der Waals surface area (Å²) in [5, 5.41) is 0. The number of Topliss-reactive ketones (excluding diaryl/α,β-unsaturated/α-hetero) is 1. The number of hydrogen-bond donors (Lipinski definition) is 0. The van der Waals surface area contributed by atoms with Crippen molar-refractivity contribution in [1.29, 1.82) is 0 Å². The number of alkyl halides is 2. The molecule has 1 saturated carbocycles. The molecule has 0 aromatic carbocycles. The van der Waals surface area contributed by atoms with Gasteiger partial charge in [-0.2, -0.15) is 0 Å². The Labute approximate surface area is 110 Å². The van der Waals surface area contributed by atoms with Crippen LogP contribution in [0.3, 0.4) is 0 Å². The molecular weight excluding hydrogens is 320 g/mol. The van der Waals surface area contributed by atoms with Crippen molar-refractivity contribution in [3.05, 3.63) is 0 Å². The van der Waals surface area contributed by atoms with Crippen molar-refractivity contribution in [2.24, 2.45) is 11.8 Å². The highest BCUT2D eigenvalue weighted by molar-refractivity contribution is 9.11. The molecule has 1 rings (SSSR count). The summed E-state index contributed by atoms with van der Waals surface area (Å²) < 4.78 is -0.641. The number of rotatable bonds is 2. The summed E-state index contributed by atoms with van der Waals surface area (Å²) in [7, 11) is 0. The summed E-state index contributed by atoms with van der Waals surface area (Å²) in [6.45, 7) is 8.47. The maximum absolute atomic E-state index is 12.6. The summed E-state index contributed by atoms with van der Waals surface area (Å²) in [5.41, 5.74) is 0. The molecule has 1 aliphatic carbocycles. The Morgan fingerprint density at radius 3 is 1.60 bits per heavy atom. The van der Waals surface area contributed by atoms with Gasteiger partial charge in [-0.3, -0.25) is 4.79 Å². The van der Waals surface area contributed by atoms with Crippen LogP contribution in [0.25, 0.3) is 0 Å². The van der Waals surface area contributed by atoms with Gasteiger partial charge in [-0.1, -0.05) is 59.6 Å². The molecule has 0 N–H and O–H groups in total. The van der Waals surface area contributed by atoms with E-state index in [0.717, 1.165) is 19.3 Å². The predicted molar refractivity (Wildman–Crippen MR) is 71.9 cm³/mol. The maximum Gasteiger partial charge on any atom is 0.166 e. The number of halogens is 2. The minimum absolute atomic E-state index is 0.320. The second kappa shape index (κ2) is 4.48. The molecule has 3 heteroatoms. The van der Waals surface area contributed by atoms with Gasteiger partial charge in [-0.05, 0) is 31.1 Å². The number of carbonyl (C=O) groups excluding carboxylic acids is 1. The van der Waals surface area contributed by atoms with Gasteiger partial charge in [0.25, 0.3) is 0 Å². The van der Waals surface area contributed by atoms with Gasteiger partial charge < -0.3 is 0 Å².